The molecule has 0 fully saturated rings. The fourth-order valence-corrected chi connectivity index (χ4v) is 2.59. The lowest BCUT2D eigenvalue weighted by Gasteiger charge is -2.22. The van der Waals surface area contributed by atoms with E-state index in [1.165, 1.54) is 0 Å². The molecular formula is C22H28N2O4. The summed E-state index contributed by atoms with van der Waals surface area (Å²) < 4.78 is 10.7. The van der Waals surface area contributed by atoms with Crippen molar-refractivity contribution in [3.8, 4) is 11.5 Å². The minimum atomic E-state index is -0.616. The van der Waals surface area contributed by atoms with Crippen LogP contribution in [0.25, 0.3) is 0 Å². The van der Waals surface area contributed by atoms with Gasteiger partial charge in [-0.1, -0.05) is 31.5 Å². The molecule has 2 aromatic rings. The maximum absolute atomic E-state index is 12.5. The highest BCUT2D eigenvalue weighted by Crippen LogP contribution is 2.16. The predicted octanol–water partition coefficient (Wildman–Crippen LogP) is 2.95. The molecule has 2 aromatic carbocycles. The highest BCUT2D eigenvalue weighted by atomic mass is 16.5. The molecule has 0 radical (unpaired) electrons. The SMILES string of the molecule is COc1ccc(OCCNC(=O)[C@@H](NC(=O)c2ccc(C)cc2)C(C)C)cc1. The van der Waals surface area contributed by atoms with Crippen LogP contribution in [0.1, 0.15) is 29.8 Å². The van der Waals surface area contributed by atoms with Gasteiger partial charge in [-0.3, -0.25) is 9.59 Å². The third kappa shape index (κ3) is 6.30. The summed E-state index contributed by atoms with van der Waals surface area (Å²) in [4.78, 5) is 24.9. The van der Waals surface area contributed by atoms with Gasteiger partial charge in [-0.15, -0.1) is 0 Å². The van der Waals surface area contributed by atoms with E-state index in [4.69, 9.17) is 9.47 Å². The van der Waals surface area contributed by atoms with Crippen molar-refractivity contribution in [2.75, 3.05) is 20.3 Å². The lowest BCUT2D eigenvalue weighted by atomic mass is 10.0. The second-order valence-electron chi connectivity index (χ2n) is 6.88. The molecule has 1 atom stereocenters. The Bertz CT molecular complexity index is 770. The number of hydrogen-bond donors (Lipinski definition) is 2. The molecule has 0 bridgehead atoms. The van der Waals surface area contributed by atoms with E-state index >= 15 is 0 Å². The lowest BCUT2D eigenvalue weighted by Crippen LogP contribution is -2.50. The third-order valence-electron chi connectivity index (χ3n) is 4.28. The second-order valence-corrected chi connectivity index (χ2v) is 6.88. The molecule has 2 N–H and O–H groups in total. The van der Waals surface area contributed by atoms with Crippen LogP contribution in [-0.4, -0.2) is 38.1 Å². The van der Waals surface area contributed by atoms with Crippen molar-refractivity contribution in [3.63, 3.8) is 0 Å². The van der Waals surface area contributed by atoms with E-state index in [-0.39, 0.29) is 17.7 Å². The summed E-state index contributed by atoms with van der Waals surface area (Å²) in [6, 6.07) is 13.9. The number of rotatable bonds is 9. The number of methoxy groups -OCH3 is 1. The van der Waals surface area contributed by atoms with Crippen LogP contribution in [0, 0.1) is 12.8 Å². The minimum Gasteiger partial charge on any atom is -0.497 e. The van der Waals surface area contributed by atoms with E-state index in [9.17, 15) is 9.59 Å². The van der Waals surface area contributed by atoms with Gasteiger partial charge in [0.05, 0.1) is 13.7 Å². The molecule has 2 amide bonds. The zero-order valence-corrected chi connectivity index (χ0v) is 16.8. The average molecular weight is 384 g/mol. The summed E-state index contributed by atoms with van der Waals surface area (Å²) >= 11 is 0. The Morgan fingerprint density at radius 1 is 0.964 bits per heavy atom. The highest BCUT2D eigenvalue weighted by molar-refractivity contribution is 5.97. The van der Waals surface area contributed by atoms with Gasteiger partial charge in [0.2, 0.25) is 5.91 Å². The molecule has 0 aliphatic carbocycles. The molecular weight excluding hydrogens is 356 g/mol. The summed E-state index contributed by atoms with van der Waals surface area (Å²) in [5, 5.41) is 5.64. The Morgan fingerprint density at radius 2 is 1.57 bits per heavy atom. The van der Waals surface area contributed by atoms with E-state index in [0.717, 1.165) is 11.3 Å². The van der Waals surface area contributed by atoms with Crippen molar-refractivity contribution in [1.82, 2.24) is 10.6 Å². The van der Waals surface area contributed by atoms with Gasteiger partial charge in [0, 0.05) is 5.56 Å². The quantitative estimate of drug-likeness (QED) is 0.652. The molecule has 0 aromatic heterocycles. The van der Waals surface area contributed by atoms with Crippen molar-refractivity contribution in [1.29, 1.82) is 0 Å². The van der Waals surface area contributed by atoms with Gasteiger partial charge in [-0.2, -0.15) is 0 Å². The largest absolute Gasteiger partial charge is 0.497 e. The molecule has 0 saturated carbocycles. The van der Waals surface area contributed by atoms with Crippen molar-refractivity contribution < 1.29 is 19.1 Å². The monoisotopic (exact) mass is 384 g/mol. The first-order chi connectivity index (χ1) is 13.4. The first-order valence-corrected chi connectivity index (χ1v) is 9.33. The second kappa shape index (κ2) is 10.3. The molecule has 0 aliphatic heterocycles. The van der Waals surface area contributed by atoms with Crippen LogP contribution in [0.5, 0.6) is 11.5 Å². The average Bonchev–Trinajstić information content (AvgIpc) is 2.69. The number of carbonyl (C=O) groups is 2. The van der Waals surface area contributed by atoms with Crippen LogP contribution in [0.3, 0.4) is 0 Å². The molecule has 0 heterocycles. The van der Waals surface area contributed by atoms with Gasteiger partial charge in [0.15, 0.2) is 0 Å². The van der Waals surface area contributed by atoms with Gasteiger partial charge in [-0.05, 0) is 49.2 Å². The zero-order valence-electron chi connectivity index (χ0n) is 16.8. The Labute approximate surface area is 166 Å². The number of benzene rings is 2. The van der Waals surface area contributed by atoms with Crippen LogP contribution in [-0.2, 0) is 4.79 Å². The van der Waals surface area contributed by atoms with E-state index in [0.29, 0.717) is 24.5 Å². The number of ether oxygens (including phenoxy) is 2. The van der Waals surface area contributed by atoms with Crippen LogP contribution >= 0.6 is 0 Å². The normalized spacial score (nSPS) is 11.6. The summed E-state index contributed by atoms with van der Waals surface area (Å²) in [6.45, 7) is 6.42. The van der Waals surface area contributed by atoms with Gasteiger partial charge < -0.3 is 20.1 Å². The van der Waals surface area contributed by atoms with Crippen molar-refractivity contribution in [2.24, 2.45) is 5.92 Å². The molecule has 0 saturated heterocycles. The Morgan fingerprint density at radius 3 is 2.14 bits per heavy atom. The number of carbonyl (C=O) groups excluding carboxylic acids is 2. The van der Waals surface area contributed by atoms with Crippen LogP contribution in [0.4, 0.5) is 0 Å². The Balaban J connectivity index is 1.82. The number of amides is 2. The molecule has 0 spiro atoms. The first-order valence-electron chi connectivity index (χ1n) is 9.33. The maximum atomic E-state index is 12.5. The third-order valence-corrected chi connectivity index (χ3v) is 4.28. The molecule has 6 nitrogen and oxygen atoms in total. The number of aryl methyl sites for hydroxylation is 1. The van der Waals surface area contributed by atoms with Crippen LogP contribution < -0.4 is 20.1 Å². The van der Waals surface area contributed by atoms with Gasteiger partial charge >= 0.3 is 0 Å². The van der Waals surface area contributed by atoms with Gasteiger partial charge in [-0.25, -0.2) is 0 Å². The summed E-state index contributed by atoms with van der Waals surface area (Å²) in [6.07, 6.45) is 0. The standard InChI is InChI=1S/C22H28N2O4/c1-15(2)20(24-21(25)17-7-5-16(3)6-8-17)22(26)23-13-14-28-19-11-9-18(27-4)10-12-19/h5-12,15,20H,13-14H2,1-4H3,(H,23,26)(H,24,25)/t20-/m0/s1. The van der Waals surface area contributed by atoms with E-state index in [2.05, 4.69) is 10.6 Å². The molecule has 0 unspecified atom stereocenters. The number of hydrogen-bond acceptors (Lipinski definition) is 4. The first kappa shape index (κ1) is 21.3. The summed E-state index contributed by atoms with van der Waals surface area (Å²) in [7, 11) is 1.61. The lowest BCUT2D eigenvalue weighted by molar-refractivity contribution is -0.124. The predicted molar refractivity (Wildman–Crippen MR) is 109 cm³/mol. The molecule has 2 rings (SSSR count). The van der Waals surface area contributed by atoms with E-state index in [1.54, 1.807) is 31.4 Å². The summed E-state index contributed by atoms with van der Waals surface area (Å²) in [5.41, 5.74) is 1.61. The van der Waals surface area contributed by atoms with Crippen molar-refractivity contribution in [2.45, 2.75) is 26.8 Å². The van der Waals surface area contributed by atoms with Gasteiger partial charge in [0.25, 0.3) is 5.91 Å². The highest BCUT2D eigenvalue weighted by Gasteiger charge is 2.24. The zero-order chi connectivity index (χ0) is 20.5. The molecule has 28 heavy (non-hydrogen) atoms. The van der Waals surface area contributed by atoms with Gasteiger partial charge in [0.1, 0.15) is 24.1 Å². The molecule has 0 aliphatic rings. The summed E-state index contributed by atoms with van der Waals surface area (Å²) in [5.74, 6) is 0.918. The Hall–Kier alpha value is -3.02. The smallest absolute Gasteiger partial charge is 0.251 e. The molecule has 150 valence electrons. The van der Waals surface area contributed by atoms with Crippen LogP contribution in [0.15, 0.2) is 48.5 Å². The van der Waals surface area contributed by atoms with Crippen LogP contribution in [0.2, 0.25) is 0 Å². The fraction of sp³-hybridized carbons (Fsp3) is 0.364. The van der Waals surface area contributed by atoms with E-state index < -0.39 is 6.04 Å². The molecule has 6 heteroatoms. The maximum Gasteiger partial charge on any atom is 0.251 e. The van der Waals surface area contributed by atoms with Crippen molar-refractivity contribution >= 4 is 11.8 Å². The Kier molecular flexibility index (Phi) is 7.87. The number of nitrogens with one attached hydrogen (secondary N) is 2. The minimum absolute atomic E-state index is 0.0445. The topological polar surface area (TPSA) is 76.7 Å². The van der Waals surface area contributed by atoms with E-state index in [1.807, 2.05) is 45.0 Å². The fourth-order valence-electron chi connectivity index (χ4n) is 2.59. The van der Waals surface area contributed by atoms with Crippen molar-refractivity contribution in [3.05, 3.63) is 59.7 Å².